The van der Waals surface area contributed by atoms with Crippen LogP contribution in [0.25, 0.3) is 0 Å². The van der Waals surface area contributed by atoms with Gasteiger partial charge in [-0.3, -0.25) is 9.98 Å². The zero-order valence-electron chi connectivity index (χ0n) is 6.91. The molecule has 58 valence electrons. The molecular formula is C9H12N2. The summed E-state index contributed by atoms with van der Waals surface area (Å²) in [7, 11) is 0. The number of aromatic nitrogens is 1. The Bertz CT molecular complexity index is 253. The monoisotopic (exact) mass is 148 g/mol. The molecule has 0 saturated heterocycles. The third-order valence-corrected chi connectivity index (χ3v) is 1.46. The lowest BCUT2D eigenvalue weighted by atomic mass is 10.2. The Morgan fingerprint density at radius 3 is 3.09 bits per heavy atom. The quantitative estimate of drug-likeness (QED) is 0.587. The Labute approximate surface area is 67.0 Å². The van der Waals surface area contributed by atoms with Crippen molar-refractivity contribution in [1.29, 1.82) is 0 Å². The van der Waals surface area contributed by atoms with Crippen molar-refractivity contribution in [3.63, 3.8) is 0 Å². The summed E-state index contributed by atoms with van der Waals surface area (Å²) in [6, 6.07) is 3.94. The van der Waals surface area contributed by atoms with E-state index in [1.165, 1.54) is 0 Å². The fourth-order valence-electron chi connectivity index (χ4n) is 0.823. The fourth-order valence-corrected chi connectivity index (χ4v) is 0.823. The van der Waals surface area contributed by atoms with Crippen molar-refractivity contribution >= 4 is 6.21 Å². The number of aliphatic imine (C=N–C) groups is 1. The van der Waals surface area contributed by atoms with Crippen molar-refractivity contribution in [2.24, 2.45) is 4.99 Å². The highest BCUT2D eigenvalue weighted by Gasteiger charge is 1.91. The number of rotatable bonds is 2. The second kappa shape index (κ2) is 3.86. The number of nitrogens with zero attached hydrogens (tertiary/aromatic N) is 2. The van der Waals surface area contributed by atoms with Gasteiger partial charge in [-0.1, -0.05) is 6.07 Å². The molecule has 0 aliphatic heterocycles. The Balaban J connectivity index is 2.86. The van der Waals surface area contributed by atoms with Gasteiger partial charge in [0.2, 0.25) is 0 Å². The molecule has 0 N–H and O–H groups in total. The summed E-state index contributed by atoms with van der Waals surface area (Å²) in [6.45, 7) is 4.83. The van der Waals surface area contributed by atoms with E-state index in [2.05, 4.69) is 9.98 Å². The summed E-state index contributed by atoms with van der Waals surface area (Å²) in [5.41, 5.74) is 2.14. The van der Waals surface area contributed by atoms with E-state index >= 15 is 0 Å². The minimum atomic E-state index is 0.828. The first kappa shape index (κ1) is 7.92. The molecule has 0 atom stereocenters. The average Bonchev–Trinajstić information content (AvgIpc) is 2.03. The van der Waals surface area contributed by atoms with Gasteiger partial charge in [0, 0.05) is 30.2 Å². The molecule has 2 heteroatoms. The molecule has 0 amide bonds. The van der Waals surface area contributed by atoms with Crippen LogP contribution >= 0.6 is 0 Å². The highest BCUT2D eigenvalue weighted by Crippen LogP contribution is 1.99. The lowest BCUT2D eigenvalue weighted by molar-refractivity contribution is 1.13. The van der Waals surface area contributed by atoms with Crippen LogP contribution in [0.15, 0.2) is 23.3 Å². The lowest BCUT2D eigenvalue weighted by Gasteiger charge is -1.95. The second-order valence-corrected chi connectivity index (χ2v) is 2.31. The first-order valence-corrected chi connectivity index (χ1v) is 3.76. The van der Waals surface area contributed by atoms with E-state index in [0.29, 0.717) is 0 Å². The van der Waals surface area contributed by atoms with Gasteiger partial charge in [0.05, 0.1) is 0 Å². The van der Waals surface area contributed by atoms with Crippen molar-refractivity contribution < 1.29 is 0 Å². The number of hydrogen-bond acceptors (Lipinski definition) is 2. The molecule has 0 spiro atoms. The van der Waals surface area contributed by atoms with Crippen LogP contribution in [0.4, 0.5) is 0 Å². The number of hydrogen-bond donors (Lipinski definition) is 0. The van der Waals surface area contributed by atoms with Gasteiger partial charge < -0.3 is 0 Å². The van der Waals surface area contributed by atoms with E-state index in [0.717, 1.165) is 17.8 Å². The van der Waals surface area contributed by atoms with Crippen LogP contribution < -0.4 is 0 Å². The third kappa shape index (κ3) is 2.15. The van der Waals surface area contributed by atoms with Crippen LogP contribution in [-0.2, 0) is 0 Å². The zero-order chi connectivity index (χ0) is 8.10. The van der Waals surface area contributed by atoms with Crippen LogP contribution in [0.3, 0.4) is 0 Å². The molecule has 0 bridgehead atoms. The molecule has 0 radical (unpaired) electrons. The molecular weight excluding hydrogens is 136 g/mol. The third-order valence-electron chi connectivity index (χ3n) is 1.46. The van der Waals surface area contributed by atoms with Gasteiger partial charge in [-0.05, 0) is 19.9 Å². The molecule has 1 heterocycles. The molecule has 0 fully saturated rings. The van der Waals surface area contributed by atoms with E-state index in [4.69, 9.17) is 0 Å². The van der Waals surface area contributed by atoms with E-state index in [-0.39, 0.29) is 0 Å². The van der Waals surface area contributed by atoms with Gasteiger partial charge in [0.25, 0.3) is 0 Å². The summed E-state index contributed by atoms with van der Waals surface area (Å²) in [4.78, 5) is 8.28. The van der Waals surface area contributed by atoms with Crippen molar-refractivity contribution in [3.8, 4) is 0 Å². The summed E-state index contributed by atoms with van der Waals surface area (Å²) in [5, 5.41) is 0. The van der Waals surface area contributed by atoms with Crippen LogP contribution in [0.5, 0.6) is 0 Å². The van der Waals surface area contributed by atoms with Gasteiger partial charge in [0.1, 0.15) is 0 Å². The Morgan fingerprint density at radius 1 is 1.64 bits per heavy atom. The summed E-state index contributed by atoms with van der Waals surface area (Å²) < 4.78 is 0. The Kier molecular flexibility index (Phi) is 2.78. The van der Waals surface area contributed by atoms with Gasteiger partial charge in [-0.25, -0.2) is 0 Å². The van der Waals surface area contributed by atoms with Crippen molar-refractivity contribution in [2.75, 3.05) is 6.54 Å². The predicted octanol–water partition coefficient (Wildman–Crippen LogP) is 1.83. The SMILES string of the molecule is CCN=Cc1cccnc1C. The lowest BCUT2D eigenvalue weighted by Crippen LogP contribution is -1.89. The maximum atomic E-state index is 4.14. The molecule has 2 nitrogen and oxygen atoms in total. The standard InChI is InChI=1S/C9H12N2/c1-3-10-7-9-5-4-6-11-8(9)2/h4-7H,3H2,1-2H3. The molecule has 0 aliphatic rings. The molecule has 11 heavy (non-hydrogen) atoms. The molecule has 0 unspecified atom stereocenters. The van der Waals surface area contributed by atoms with Gasteiger partial charge in [0.15, 0.2) is 0 Å². The number of aryl methyl sites for hydroxylation is 1. The average molecular weight is 148 g/mol. The smallest absolute Gasteiger partial charge is 0.0460 e. The molecule has 1 rings (SSSR count). The normalized spacial score (nSPS) is 10.7. The maximum Gasteiger partial charge on any atom is 0.0460 e. The van der Waals surface area contributed by atoms with Crippen molar-refractivity contribution in [1.82, 2.24) is 4.98 Å². The largest absolute Gasteiger partial charge is 0.293 e. The highest BCUT2D eigenvalue weighted by atomic mass is 14.7. The van der Waals surface area contributed by atoms with E-state index in [9.17, 15) is 0 Å². The minimum Gasteiger partial charge on any atom is -0.293 e. The predicted molar refractivity (Wildman–Crippen MR) is 47.1 cm³/mol. The van der Waals surface area contributed by atoms with Gasteiger partial charge in [-0.15, -0.1) is 0 Å². The summed E-state index contributed by atoms with van der Waals surface area (Å²) >= 11 is 0. The summed E-state index contributed by atoms with van der Waals surface area (Å²) in [6.07, 6.45) is 3.65. The highest BCUT2D eigenvalue weighted by molar-refractivity contribution is 5.80. The molecule has 0 aliphatic carbocycles. The van der Waals surface area contributed by atoms with Crippen LogP contribution in [0.2, 0.25) is 0 Å². The molecule has 1 aromatic rings. The molecule has 1 aromatic heterocycles. The van der Waals surface area contributed by atoms with E-state index in [1.807, 2.05) is 32.2 Å². The van der Waals surface area contributed by atoms with Crippen molar-refractivity contribution in [3.05, 3.63) is 29.6 Å². The minimum absolute atomic E-state index is 0.828. The zero-order valence-corrected chi connectivity index (χ0v) is 6.91. The van der Waals surface area contributed by atoms with Gasteiger partial charge in [-0.2, -0.15) is 0 Å². The first-order chi connectivity index (χ1) is 5.34. The summed E-state index contributed by atoms with van der Waals surface area (Å²) in [5.74, 6) is 0. The van der Waals surface area contributed by atoms with Gasteiger partial charge >= 0.3 is 0 Å². The van der Waals surface area contributed by atoms with Crippen LogP contribution in [0, 0.1) is 6.92 Å². The van der Waals surface area contributed by atoms with Crippen molar-refractivity contribution in [2.45, 2.75) is 13.8 Å². The van der Waals surface area contributed by atoms with E-state index in [1.54, 1.807) is 6.20 Å². The Morgan fingerprint density at radius 2 is 2.45 bits per heavy atom. The molecule has 0 saturated carbocycles. The second-order valence-electron chi connectivity index (χ2n) is 2.31. The van der Waals surface area contributed by atoms with Crippen LogP contribution in [-0.4, -0.2) is 17.7 Å². The van der Waals surface area contributed by atoms with Crippen LogP contribution in [0.1, 0.15) is 18.2 Å². The first-order valence-electron chi connectivity index (χ1n) is 3.76. The number of pyridine rings is 1. The van der Waals surface area contributed by atoms with E-state index < -0.39 is 0 Å². The fraction of sp³-hybridized carbons (Fsp3) is 0.333. The maximum absolute atomic E-state index is 4.14. The molecule has 0 aromatic carbocycles. The topological polar surface area (TPSA) is 25.2 Å². The Hall–Kier alpha value is -1.18.